The molecule has 0 aliphatic carbocycles. The van der Waals surface area contributed by atoms with Crippen LogP contribution in [0.3, 0.4) is 0 Å². The summed E-state index contributed by atoms with van der Waals surface area (Å²) in [5.41, 5.74) is 2.26. The molecule has 0 spiro atoms. The highest BCUT2D eigenvalue weighted by atomic mass is 16.4. The standard InChI is InChI=1S/C15H20N2O2/c1-10(2)6-13(15(18)19)9-17-14-5-4-11(3)7-12(14)8-16/h4-5,7,10,13,17H,6,9H2,1-3H3,(H,18,19). The van der Waals surface area contributed by atoms with Crippen LogP contribution in [0.25, 0.3) is 0 Å². The number of nitriles is 1. The Morgan fingerprint density at radius 2 is 2.16 bits per heavy atom. The topological polar surface area (TPSA) is 73.1 Å². The first-order valence-corrected chi connectivity index (χ1v) is 6.41. The lowest BCUT2D eigenvalue weighted by Gasteiger charge is -2.16. The van der Waals surface area contributed by atoms with Gasteiger partial charge in [0.1, 0.15) is 6.07 Å². The number of aryl methyl sites for hydroxylation is 1. The van der Waals surface area contributed by atoms with E-state index in [1.165, 1.54) is 0 Å². The van der Waals surface area contributed by atoms with Gasteiger partial charge in [0.05, 0.1) is 17.2 Å². The number of hydrogen-bond donors (Lipinski definition) is 2. The third kappa shape index (κ3) is 4.63. The Bertz CT molecular complexity index is 489. The van der Waals surface area contributed by atoms with E-state index in [4.69, 9.17) is 10.4 Å². The number of nitrogens with zero attached hydrogens (tertiary/aromatic N) is 1. The summed E-state index contributed by atoms with van der Waals surface area (Å²) in [5.74, 6) is -0.906. The number of aliphatic carboxylic acids is 1. The maximum Gasteiger partial charge on any atom is 0.308 e. The van der Waals surface area contributed by atoms with Gasteiger partial charge in [-0.05, 0) is 37.0 Å². The lowest BCUT2D eigenvalue weighted by Crippen LogP contribution is -2.24. The van der Waals surface area contributed by atoms with Crippen LogP contribution in [0.1, 0.15) is 31.4 Å². The van der Waals surface area contributed by atoms with Crippen molar-refractivity contribution >= 4 is 11.7 Å². The molecular formula is C15H20N2O2. The predicted octanol–water partition coefficient (Wildman–Crippen LogP) is 3.03. The van der Waals surface area contributed by atoms with Gasteiger partial charge in [-0.2, -0.15) is 5.26 Å². The van der Waals surface area contributed by atoms with Crippen LogP contribution in [0.15, 0.2) is 18.2 Å². The molecule has 4 nitrogen and oxygen atoms in total. The molecular weight excluding hydrogens is 240 g/mol. The zero-order valence-corrected chi connectivity index (χ0v) is 11.6. The van der Waals surface area contributed by atoms with Crippen molar-refractivity contribution in [2.75, 3.05) is 11.9 Å². The Morgan fingerprint density at radius 1 is 1.47 bits per heavy atom. The van der Waals surface area contributed by atoms with Crippen molar-refractivity contribution in [3.05, 3.63) is 29.3 Å². The molecule has 0 amide bonds. The molecule has 0 aromatic heterocycles. The van der Waals surface area contributed by atoms with Crippen LogP contribution >= 0.6 is 0 Å². The number of hydrogen-bond acceptors (Lipinski definition) is 3. The van der Waals surface area contributed by atoms with Gasteiger partial charge < -0.3 is 10.4 Å². The second kappa shape index (κ2) is 6.79. The van der Waals surface area contributed by atoms with E-state index in [2.05, 4.69) is 11.4 Å². The van der Waals surface area contributed by atoms with Gasteiger partial charge >= 0.3 is 5.97 Å². The van der Waals surface area contributed by atoms with Crippen molar-refractivity contribution in [2.45, 2.75) is 27.2 Å². The Kier molecular flexibility index (Phi) is 5.37. The molecule has 1 atom stereocenters. The molecule has 0 saturated heterocycles. The molecule has 0 aliphatic heterocycles. The number of rotatable bonds is 6. The lowest BCUT2D eigenvalue weighted by atomic mass is 9.97. The van der Waals surface area contributed by atoms with E-state index in [-0.39, 0.29) is 0 Å². The van der Waals surface area contributed by atoms with Crippen molar-refractivity contribution in [1.82, 2.24) is 0 Å². The SMILES string of the molecule is Cc1ccc(NCC(CC(C)C)C(=O)O)c(C#N)c1. The van der Waals surface area contributed by atoms with Gasteiger partial charge in [0, 0.05) is 6.54 Å². The molecule has 0 heterocycles. The van der Waals surface area contributed by atoms with Crippen LogP contribution < -0.4 is 5.32 Å². The molecule has 2 N–H and O–H groups in total. The van der Waals surface area contributed by atoms with Crippen LogP contribution in [-0.2, 0) is 4.79 Å². The van der Waals surface area contributed by atoms with Gasteiger partial charge in [0.15, 0.2) is 0 Å². The molecule has 1 aromatic carbocycles. The Balaban J connectivity index is 2.74. The summed E-state index contributed by atoms with van der Waals surface area (Å²) in [5, 5.41) is 21.3. The minimum absolute atomic E-state index is 0.330. The average molecular weight is 260 g/mol. The molecule has 0 fully saturated rings. The van der Waals surface area contributed by atoms with Crippen LogP contribution in [-0.4, -0.2) is 17.6 Å². The first-order chi connectivity index (χ1) is 8.93. The van der Waals surface area contributed by atoms with Crippen molar-refractivity contribution in [3.8, 4) is 6.07 Å². The predicted molar refractivity (Wildman–Crippen MR) is 75.0 cm³/mol. The average Bonchev–Trinajstić information content (AvgIpc) is 2.34. The zero-order valence-electron chi connectivity index (χ0n) is 11.6. The normalized spacial score (nSPS) is 11.9. The fraction of sp³-hybridized carbons (Fsp3) is 0.467. The molecule has 1 aromatic rings. The summed E-state index contributed by atoms with van der Waals surface area (Å²) in [6.45, 7) is 6.26. The summed E-state index contributed by atoms with van der Waals surface area (Å²) >= 11 is 0. The number of anilines is 1. The monoisotopic (exact) mass is 260 g/mol. The molecule has 4 heteroatoms. The van der Waals surface area contributed by atoms with E-state index in [0.29, 0.717) is 30.1 Å². The summed E-state index contributed by atoms with van der Waals surface area (Å²) in [6, 6.07) is 7.64. The maximum atomic E-state index is 11.2. The van der Waals surface area contributed by atoms with Crippen LogP contribution in [0.5, 0.6) is 0 Å². The van der Waals surface area contributed by atoms with Crippen molar-refractivity contribution in [2.24, 2.45) is 11.8 Å². The van der Waals surface area contributed by atoms with E-state index in [0.717, 1.165) is 5.56 Å². The van der Waals surface area contributed by atoms with Crippen molar-refractivity contribution < 1.29 is 9.90 Å². The van der Waals surface area contributed by atoms with E-state index in [9.17, 15) is 4.79 Å². The minimum atomic E-state index is -0.799. The lowest BCUT2D eigenvalue weighted by molar-refractivity contribution is -0.141. The van der Waals surface area contributed by atoms with Gasteiger partial charge in [-0.15, -0.1) is 0 Å². The minimum Gasteiger partial charge on any atom is -0.481 e. The number of benzene rings is 1. The Labute approximate surface area is 114 Å². The summed E-state index contributed by atoms with van der Waals surface area (Å²) in [4.78, 5) is 11.2. The van der Waals surface area contributed by atoms with E-state index in [1.807, 2.05) is 32.9 Å². The van der Waals surface area contributed by atoms with E-state index >= 15 is 0 Å². The highest BCUT2D eigenvalue weighted by molar-refractivity contribution is 5.71. The highest BCUT2D eigenvalue weighted by Gasteiger charge is 2.19. The van der Waals surface area contributed by atoms with Gasteiger partial charge in [0.2, 0.25) is 0 Å². The first kappa shape index (κ1) is 15.0. The second-order valence-corrected chi connectivity index (χ2v) is 5.21. The van der Waals surface area contributed by atoms with Gasteiger partial charge in [-0.25, -0.2) is 0 Å². The van der Waals surface area contributed by atoms with Gasteiger partial charge in [0.25, 0.3) is 0 Å². The molecule has 0 bridgehead atoms. The van der Waals surface area contributed by atoms with Gasteiger partial charge in [-0.3, -0.25) is 4.79 Å². The number of nitrogens with one attached hydrogen (secondary N) is 1. The zero-order chi connectivity index (χ0) is 14.4. The number of carboxylic acids is 1. The van der Waals surface area contributed by atoms with Crippen LogP contribution in [0.2, 0.25) is 0 Å². The Hall–Kier alpha value is -2.02. The fourth-order valence-electron chi connectivity index (χ4n) is 1.98. The van der Waals surface area contributed by atoms with Crippen molar-refractivity contribution in [3.63, 3.8) is 0 Å². The summed E-state index contributed by atoms with van der Waals surface area (Å²) < 4.78 is 0. The molecule has 0 saturated carbocycles. The first-order valence-electron chi connectivity index (χ1n) is 6.41. The quantitative estimate of drug-likeness (QED) is 0.824. The van der Waals surface area contributed by atoms with E-state index < -0.39 is 11.9 Å². The summed E-state index contributed by atoms with van der Waals surface area (Å²) in [6.07, 6.45) is 0.621. The molecule has 0 aliphatic rings. The molecule has 102 valence electrons. The van der Waals surface area contributed by atoms with Gasteiger partial charge in [-0.1, -0.05) is 19.9 Å². The molecule has 1 unspecified atom stereocenters. The molecule has 0 radical (unpaired) electrons. The van der Waals surface area contributed by atoms with Crippen LogP contribution in [0.4, 0.5) is 5.69 Å². The Morgan fingerprint density at radius 3 is 2.68 bits per heavy atom. The third-order valence-corrected chi connectivity index (χ3v) is 2.94. The molecule has 1 rings (SSSR count). The largest absolute Gasteiger partial charge is 0.481 e. The van der Waals surface area contributed by atoms with Crippen LogP contribution in [0, 0.1) is 30.1 Å². The maximum absolute atomic E-state index is 11.2. The summed E-state index contributed by atoms with van der Waals surface area (Å²) in [7, 11) is 0. The number of carboxylic acid groups (broad SMARTS) is 1. The third-order valence-electron chi connectivity index (χ3n) is 2.94. The highest BCUT2D eigenvalue weighted by Crippen LogP contribution is 2.18. The smallest absolute Gasteiger partial charge is 0.308 e. The molecule has 19 heavy (non-hydrogen) atoms. The fourth-order valence-corrected chi connectivity index (χ4v) is 1.98. The van der Waals surface area contributed by atoms with E-state index in [1.54, 1.807) is 6.07 Å². The number of carbonyl (C=O) groups is 1. The van der Waals surface area contributed by atoms with Crippen molar-refractivity contribution in [1.29, 1.82) is 5.26 Å². The second-order valence-electron chi connectivity index (χ2n) is 5.21.